The standard InChI is InChI=1S/C12H19FN2O4S2/c1-9(2)14-6-7-15-21(18,19)12-8-10(20(3,16)17)4-5-11(12)13/h4-5,8-9,14-15H,6-7H2,1-3H3. The number of benzene rings is 1. The summed E-state index contributed by atoms with van der Waals surface area (Å²) in [6.07, 6.45) is 0.927. The summed E-state index contributed by atoms with van der Waals surface area (Å²) in [6.45, 7) is 4.26. The summed E-state index contributed by atoms with van der Waals surface area (Å²) in [6, 6.07) is 2.88. The van der Waals surface area contributed by atoms with Crippen molar-refractivity contribution in [2.75, 3.05) is 19.3 Å². The molecule has 0 radical (unpaired) electrons. The zero-order chi connectivity index (χ0) is 16.3. The van der Waals surface area contributed by atoms with Crippen LogP contribution in [0.2, 0.25) is 0 Å². The third kappa shape index (κ3) is 5.34. The number of rotatable bonds is 7. The highest BCUT2D eigenvalue weighted by Gasteiger charge is 2.21. The van der Waals surface area contributed by atoms with E-state index in [1.54, 1.807) is 0 Å². The molecular formula is C12H19FN2O4S2. The van der Waals surface area contributed by atoms with Gasteiger partial charge in [-0.2, -0.15) is 0 Å². The Hall–Kier alpha value is -1.03. The molecule has 1 aromatic carbocycles. The van der Waals surface area contributed by atoms with E-state index >= 15 is 0 Å². The lowest BCUT2D eigenvalue weighted by atomic mass is 10.3. The van der Waals surface area contributed by atoms with E-state index < -0.39 is 30.6 Å². The molecule has 0 amide bonds. The number of halogens is 1. The highest BCUT2D eigenvalue weighted by Crippen LogP contribution is 2.19. The minimum atomic E-state index is -4.10. The SMILES string of the molecule is CC(C)NCCNS(=O)(=O)c1cc(S(C)(=O)=O)ccc1F. The van der Waals surface area contributed by atoms with Gasteiger partial charge in [-0.25, -0.2) is 25.9 Å². The fourth-order valence-corrected chi connectivity index (χ4v) is 3.40. The maximum absolute atomic E-state index is 13.7. The molecule has 120 valence electrons. The van der Waals surface area contributed by atoms with Crippen LogP contribution in [0, 0.1) is 5.82 Å². The molecule has 0 saturated carbocycles. The maximum Gasteiger partial charge on any atom is 0.243 e. The van der Waals surface area contributed by atoms with E-state index in [4.69, 9.17) is 0 Å². The van der Waals surface area contributed by atoms with Crippen LogP contribution < -0.4 is 10.0 Å². The van der Waals surface area contributed by atoms with Crippen molar-refractivity contribution in [3.05, 3.63) is 24.0 Å². The lowest BCUT2D eigenvalue weighted by Gasteiger charge is -2.11. The second-order valence-electron chi connectivity index (χ2n) is 4.87. The molecule has 0 atom stereocenters. The monoisotopic (exact) mass is 338 g/mol. The molecule has 1 rings (SSSR count). The molecule has 6 nitrogen and oxygen atoms in total. The van der Waals surface area contributed by atoms with Crippen LogP contribution in [-0.2, 0) is 19.9 Å². The lowest BCUT2D eigenvalue weighted by molar-refractivity contribution is 0.544. The zero-order valence-electron chi connectivity index (χ0n) is 12.1. The van der Waals surface area contributed by atoms with E-state index in [1.165, 1.54) is 0 Å². The molecular weight excluding hydrogens is 319 g/mol. The average molecular weight is 338 g/mol. The number of sulfonamides is 1. The van der Waals surface area contributed by atoms with Gasteiger partial charge in [-0.05, 0) is 18.2 Å². The molecule has 0 fully saturated rings. The van der Waals surface area contributed by atoms with E-state index in [2.05, 4.69) is 10.0 Å². The molecule has 9 heteroatoms. The molecule has 2 N–H and O–H groups in total. The Balaban J connectivity index is 2.98. The lowest BCUT2D eigenvalue weighted by Crippen LogP contribution is -2.35. The highest BCUT2D eigenvalue weighted by molar-refractivity contribution is 7.91. The van der Waals surface area contributed by atoms with Crippen molar-refractivity contribution in [2.24, 2.45) is 0 Å². The minimum Gasteiger partial charge on any atom is -0.313 e. The highest BCUT2D eigenvalue weighted by atomic mass is 32.2. The molecule has 0 aliphatic carbocycles. The number of sulfone groups is 1. The molecule has 0 saturated heterocycles. The quantitative estimate of drug-likeness (QED) is 0.558. The summed E-state index contributed by atoms with van der Waals surface area (Å²) in [5.41, 5.74) is 0. The van der Waals surface area contributed by atoms with Gasteiger partial charge in [0.15, 0.2) is 9.84 Å². The maximum atomic E-state index is 13.7. The van der Waals surface area contributed by atoms with Gasteiger partial charge in [0, 0.05) is 25.4 Å². The Morgan fingerprint density at radius 2 is 1.76 bits per heavy atom. The van der Waals surface area contributed by atoms with E-state index in [1.807, 2.05) is 13.8 Å². The Bertz CT molecular complexity index is 700. The summed E-state index contributed by atoms with van der Waals surface area (Å²) < 4.78 is 62.7. The predicted octanol–water partition coefficient (Wildman–Crippen LogP) is 0.506. The fourth-order valence-electron chi connectivity index (χ4n) is 1.54. The van der Waals surface area contributed by atoms with Crippen molar-refractivity contribution in [3.63, 3.8) is 0 Å². The summed E-state index contributed by atoms with van der Waals surface area (Å²) in [5.74, 6) is -0.994. The molecule has 1 aromatic rings. The molecule has 0 bridgehead atoms. The first-order valence-electron chi connectivity index (χ1n) is 6.26. The van der Waals surface area contributed by atoms with Crippen molar-refractivity contribution >= 4 is 19.9 Å². The Labute approximate surface area is 124 Å². The second-order valence-corrected chi connectivity index (χ2v) is 8.62. The Morgan fingerprint density at radius 3 is 2.29 bits per heavy atom. The van der Waals surface area contributed by atoms with E-state index in [0.29, 0.717) is 6.54 Å². The van der Waals surface area contributed by atoms with Crippen molar-refractivity contribution in [2.45, 2.75) is 29.7 Å². The first-order valence-corrected chi connectivity index (χ1v) is 9.64. The van der Waals surface area contributed by atoms with Gasteiger partial charge < -0.3 is 5.32 Å². The van der Waals surface area contributed by atoms with Crippen LogP contribution in [0.4, 0.5) is 4.39 Å². The van der Waals surface area contributed by atoms with Crippen molar-refractivity contribution in [3.8, 4) is 0 Å². The summed E-state index contributed by atoms with van der Waals surface area (Å²) >= 11 is 0. The van der Waals surface area contributed by atoms with Gasteiger partial charge in [0.05, 0.1) is 4.90 Å². The first kappa shape index (κ1) is 18.0. The zero-order valence-corrected chi connectivity index (χ0v) is 13.7. The predicted molar refractivity (Wildman–Crippen MR) is 77.8 cm³/mol. The molecule has 0 aliphatic heterocycles. The third-order valence-electron chi connectivity index (χ3n) is 2.59. The topological polar surface area (TPSA) is 92.3 Å². The van der Waals surface area contributed by atoms with Crippen LogP contribution in [0.3, 0.4) is 0 Å². The van der Waals surface area contributed by atoms with Gasteiger partial charge in [0.2, 0.25) is 10.0 Å². The van der Waals surface area contributed by atoms with Gasteiger partial charge in [-0.15, -0.1) is 0 Å². The summed E-state index contributed by atoms with van der Waals surface area (Å²) in [5, 5.41) is 3.00. The summed E-state index contributed by atoms with van der Waals surface area (Å²) in [4.78, 5) is -0.917. The molecule has 0 aliphatic rings. The first-order chi connectivity index (χ1) is 9.54. The van der Waals surface area contributed by atoms with E-state index in [0.717, 1.165) is 24.5 Å². The number of nitrogens with one attached hydrogen (secondary N) is 2. The minimum absolute atomic E-state index is 0.0725. The number of hydrogen-bond donors (Lipinski definition) is 2. The fraction of sp³-hybridized carbons (Fsp3) is 0.500. The molecule has 0 aromatic heterocycles. The van der Waals surface area contributed by atoms with Crippen LogP contribution in [-0.4, -0.2) is 42.2 Å². The van der Waals surface area contributed by atoms with Crippen molar-refractivity contribution in [1.29, 1.82) is 0 Å². The van der Waals surface area contributed by atoms with Gasteiger partial charge in [0.25, 0.3) is 0 Å². The van der Waals surface area contributed by atoms with Crippen LogP contribution in [0.15, 0.2) is 28.0 Å². The van der Waals surface area contributed by atoms with Crippen LogP contribution >= 0.6 is 0 Å². The van der Waals surface area contributed by atoms with Gasteiger partial charge in [0.1, 0.15) is 10.7 Å². The molecule has 0 unspecified atom stereocenters. The molecule has 0 spiro atoms. The third-order valence-corrected chi connectivity index (χ3v) is 5.18. The largest absolute Gasteiger partial charge is 0.313 e. The Kier molecular flexibility index (Phi) is 5.85. The molecule has 0 heterocycles. The van der Waals surface area contributed by atoms with Crippen LogP contribution in [0.25, 0.3) is 0 Å². The van der Waals surface area contributed by atoms with E-state index in [-0.39, 0.29) is 17.5 Å². The van der Waals surface area contributed by atoms with Crippen molar-refractivity contribution < 1.29 is 21.2 Å². The van der Waals surface area contributed by atoms with Crippen molar-refractivity contribution in [1.82, 2.24) is 10.0 Å². The Morgan fingerprint density at radius 1 is 1.14 bits per heavy atom. The molecule has 21 heavy (non-hydrogen) atoms. The van der Waals surface area contributed by atoms with Crippen LogP contribution in [0.5, 0.6) is 0 Å². The second kappa shape index (κ2) is 6.82. The van der Waals surface area contributed by atoms with Crippen LogP contribution in [0.1, 0.15) is 13.8 Å². The normalized spacial score (nSPS) is 12.8. The van der Waals surface area contributed by atoms with Gasteiger partial charge in [-0.1, -0.05) is 13.8 Å². The van der Waals surface area contributed by atoms with Gasteiger partial charge >= 0.3 is 0 Å². The number of hydrogen-bond acceptors (Lipinski definition) is 5. The smallest absolute Gasteiger partial charge is 0.243 e. The van der Waals surface area contributed by atoms with Gasteiger partial charge in [-0.3, -0.25) is 0 Å². The summed E-state index contributed by atoms with van der Waals surface area (Å²) in [7, 11) is -7.71. The average Bonchev–Trinajstić information content (AvgIpc) is 2.33. The van der Waals surface area contributed by atoms with E-state index in [9.17, 15) is 21.2 Å².